The highest BCUT2D eigenvalue weighted by atomic mass is 19.4. The standard InChI is InChI=1S/C16H18F3N3O3.C2HF3O2/c17-16(18,19)25-12-4-2-11(3-5-12)6-9-22-13(23)15(21-14(22)24)7-1-8-20-10-15;3-2(4,5)1(6)7/h2-5,20H,1,6-10H2,(H,21,24);(H,6,7). The van der Waals surface area contributed by atoms with E-state index < -0.39 is 30.1 Å². The zero-order valence-electron chi connectivity index (χ0n) is 16.3. The number of carbonyl (C=O) groups is 3. The third kappa shape index (κ3) is 6.73. The van der Waals surface area contributed by atoms with Gasteiger partial charge in [-0.2, -0.15) is 13.2 Å². The van der Waals surface area contributed by atoms with Crippen molar-refractivity contribution >= 4 is 17.9 Å². The fourth-order valence-electron chi connectivity index (χ4n) is 3.17. The third-order valence-corrected chi connectivity index (χ3v) is 4.65. The lowest BCUT2D eigenvalue weighted by molar-refractivity contribution is -0.274. The van der Waals surface area contributed by atoms with Crippen molar-refractivity contribution in [3.8, 4) is 5.75 Å². The van der Waals surface area contributed by atoms with Gasteiger partial charge in [-0.05, 0) is 43.5 Å². The molecule has 2 aliphatic heterocycles. The van der Waals surface area contributed by atoms with E-state index in [-0.39, 0.29) is 18.2 Å². The van der Waals surface area contributed by atoms with Crippen molar-refractivity contribution in [3.05, 3.63) is 29.8 Å². The van der Waals surface area contributed by atoms with Crippen LogP contribution in [0.2, 0.25) is 0 Å². The van der Waals surface area contributed by atoms with E-state index in [9.17, 15) is 35.9 Å². The molecular formula is C18H19F6N3O5. The molecule has 1 aromatic rings. The van der Waals surface area contributed by atoms with E-state index in [0.29, 0.717) is 24.9 Å². The summed E-state index contributed by atoms with van der Waals surface area (Å²) in [6.07, 6.45) is -8.05. The van der Waals surface area contributed by atoms with Crippen LogP contribution < -0.4 is 15.4 Å². The first-order valence-electron chi connectivity index (χ1n) is 9.23. The highest BCUT2D eigenvalue weighted by molar-refractivity contribution is 6.07. The quantitative estimate of drug-likeness (QED) is 0.460. The van der Waals surface area contributed by atoms with Crippen molar-refractivity contribution in [2.45, 2.75) is 37.3 Å². The third-order valence-electron chi connectivity index (χ3n) is 4.65. The Hall–Kier alpha value is -3.03. The van der Waals surface area contributed by atoms with Gasteiger partial charge in [0.05, 0.1) is 0 Å². The number of benzene rings is 1. The molecule has 0 radical (unpaired) electrons. The number of urea groups is 1. The van der Waals surface area contributed by atoms with E-state index in [0.717, 1.165) is 13.0 Å². The van der Waals surface area contributed by atoms with Gasteiger partial charge in [-0.3, -0.25) is 9.69 Å². The largest absolute Gasteiger partial charge is 0.573 e. The Balaban J connectivity index is 0.000000451. The number of amides is 3. The number of hydrogen-bond donors (Lipinski definition) is 3. The zero-order valence-corrected chi connectivity index (χ0v) is 16.3. The molecule has 0 aromatic heterocycles. The molecule has 0 bridgehead atoms. The van der Waals surface area contributed by atoms with Crippen molar-refractivity contribution in [3.63, 3.8) is 0 Å². The molecule has 2 fully saturated rings. The average Bonchev–Trinajstić information content (AvgIpc) is 2.90. The minimum atomic E-state index is -5.08. The number of piperidine rings is 1. The summed E-state index contributed by atoms with van der Waals surface area (Å²) in [5.41, 5.74) is -0.155. The molecule has 32 heavy (non-hydrogen) atoms. The number of aliphatic carboxylic acids is 1. The second-order valence-electron chi connectivity index (χ2n) is 6.99. The number of rotatable bonds is 4. The summed E-state index contributed by atoms with van der Waals surface area (Å²) < 4.78 is 72.0. The molecule has 3 amide bonds. The number of hydrogen-bond acceptors (Lipinski definition) is 5. The van der Waals surface area contributed by atoms with Crippen LogP contribution in [0.3, 0.4) is 0 Å². The number of carboxylic acid groups (broad SMARTS) is 1. The number of imide groups is 1. The fraction of sp³-hybridized carbons (Fsp3) is 0.500. The van der Waals surface area contributed by atoms with Gasteiger partial charge in [0, 0.05) is 13.1 Å². The van der Waals surface area contributed by atoms with Gasteiger partial charge in [-0.1, -0.05) is 12.1 Å². The molecule has 0 saturated carbocycles. The Morgan fingerprint density at radius 1 is 1.12 bits per heavy atom. The summed E-state index contributed by atoms with van der Waals surface area (Å²) in [5.74, 6) is -3.31. The van der Waals surface area contributed by atoms with E-state index in [4.69, 9.17) is 9.90 Å². The number of nitrogens with one attached hydrogen (secondary N) is 2. The number of alkyl halides is 6. The molecule has 2 saturated heterocycles. The molecule has 2 aliphatic rings. The molecule has 1 atom stereocenters. The monoisotopic (exact) mass is 471 g/mol. The second kappa shape index (κ2) is 9.63. The maximum Gasteiger partial charge on any atom is 0.573 e. The van der Waals surface area contributed by atoms with Gasteiger partial charge in [-0.15, -0.1) is 13.2 Å². The predicted octanol–water partition coefficient (Wildman–Crippen LogP) is 2.44. The van der Waals surface area contributed by atoms with Gasteiger partial charge >= 0.3 is 24.5 Å². The van der Waals surface area contributed by atoms with Crippen molar-refractivity contribution in [2.75, 3.05) is 19.6 Å². The van der Waals surface area contributed by atoms with Crippen LogP contribution in [0, 0.1) is 0 Å². The van der Waals surface area contributed by atoms with Gasteiger partial charge in [0.25, 0.3) is 5.91 Å². The second-order valence-corrected chi connectivity index (χ2v) is 6.99. The van der Waals surface area contributed by atoms with Crippen molar-refractivity contribution in [1.29, 1.82) is 0 Å². The van der Waals surface area contributed by atoms with Gasteiger partial charge in [0.2, 0.25) is 0 Å². The Kier molecular flexibility index (Phi) is 7.59. The normalized spacial score (nSPS) is 21.1. The summed E-state index contributed by atoms with van der Waals surface area (Å²) >= 11 is 0. The van der Waals surface area contributed by atoms with Gasteiger partial charge < -0.3 is 20.5 Å². The van der Waals surface area contributed by atoms with Crippen LogP contribution in [0.1, 0.15) is 18.4 Å². The Morgan fingerprint density at radius 2 is 1.72 bits per heavy atom. The van der Waals surface area contributed by atoms with E-state index in [1.807, 2.05) is 0 Å². The number of carboxylic acids is 1. The molecule has 1 spiro atoms. The molecule has 3 rings (SSSR count). The summed E-state index contributed by atoms with van der Waals surface area (Å²) in [7, 11) is 0. The van der Waals surface area contributed by atoms with Crippen molar-refractivity contribution in [1.82, 2.24) is 15.5 Å². The first kappa shape index (κ1) is 25.2. The minimum Gasteiger partial charge on any atom is -0.475 e. The number of carbonyl (C=O) groups excluding carboxylic acids is 2. The Labute approximate surface area is 177 Å². The van der Waals surface area contributed by atoms with Crippen LogP contribution in [-0.2, 0) is 16.0 Å². The van der Waals surface area contributed by atoms with Crippen LogP contribution in [0.15, 0.2) is 24.3 Å². The maximum atomic E-state index is 12.6. The molecular weight excluding hydrogens is 452 g/mol. The number of nitrogens with zero attached hydrogens (tertiary/aromatic N) is 1. The van der Waals surface area contributed by atoms with Gasteiger partial charge in [0.15, 0.2) is 0 Å². The van der Waals surface area contributed by atoms with Crippen LogP contribution in [-0.4, -0.2) is 65.6 Å². The zero-order chi connectivity index (χ0) is 24.2. The molecule has 3 N–H and O–H groups in total. The summed E-state index contributed by atoms with van der Waals surface area (Å²) in [4.78, 5) is 34.8. The van der Waals surface area contributed by atoms with E-state index in [2.05, 4.69) is 15.4 Å². The van der Waals surface area contributed by atoms with Crippen LogP contribution in [0.5, 0.6) is 5.75 Å². The first-order valence-corrected chi connectivity index (χ1v) is 9.23. The lowest BCUT2D eigenvalue weighted by Gasteiger charge is -2.31. The molecule has 14 heteroatoms. The predicted molar refractivity (Wildman–Crippen MR) is 95.6 cm³/mol. The molecule has 178 valence electrons. The first-order chi connectivity index (χ1) is 14.7. The maximum absolute atomic E-state index is 12.6. The van der Waals surface area contributed by atoms with Crippen molar-refractivity contribution < 1.29 is 50.6 Å². The van der Waals surface area contributed by atoms with E-state index in [1.54, 1.807) is 0 Å². The SMILES string of the molecule is O=C(O)C(F)(F)F.O=C1NC2(CCCNC2)C(=O)N1CCc1ccc(OC(F)(F)F)cc1. The molecule has 1 aromatic carbocycles. The summed E-state index contributed by atoms with van der Waals surface area (Å²) in [6.45, 7) is 1.40. The summed E-state index contributed by atoms with van der Waals surface area (Å²) in [5, 5.41) is 13.0. The molecule has 8 nitrogen and oxygen atoms in total. The van der Waals surface area contributed by atoms with E-state index in [1.165, 1.54) is 29.2 Å². The minimum absolute atomic E-state index is 0.173. The highest BCUT2D eigenvalue weighted by Crippen LogP contribution is 2.26. The Bertz CT molecular complexity index is 835. The topological polar surface area (TPSA) is 108 Å². The average molecular weight is 471 g/mol. The van der Waals surface area contributed by atoms with Crippen LogP contribution in [0.4, 0.5) is 31.1 Å². The Morgan fingerprint density at radius 3 is 2.19 bits per heavy atom. The number of ether oxygens (including phenoxy) is 1. The van der Waals surface area contributed by atoms with Crippen LogP contribution in [0.25, 0.3) is 0 Å². The molecule has 1 unspecified atom stereocenters. The number of halogens is 6. The van der Waals surface area contributed by atoms with E-state index >= 15 is 0 Å². The lowest BCUT2D eigenvalue weighted by atomic mass is 9.90. The lowest BCUT2D eigenvalue weighted by Crippen LogP contribution is -2.57. The smallest absolute Gasteiger partial charge is 0.475 e. The van der Waals surface area contributed by atoms with Gasteiger partial charge in [0.1, 0.15) is 11.3 Å². The molecule has 0 aliphatic carbocycles. The summed E-state index contributed by atoms with van der Waals surface area (Å²) in [6, 6.07) is 4.96. The molecule has 2 heterocycles. The fourth-order valence-corrected chi connectivity index (χ4v) is 3.17. The van der Waals surface area contributed by atoms with Gasteiger partial charge in [-0.25, -0.2) is 9.59 Å². The van der Waals surface area contributed by atoms with Crippen LogP contribution >= 0.6 is 0 Å². The van der Waals surface area contributed by atoms with Crippen molar-refractivity contribution in [2.24, 2.45) is 0 Å². The highest BCUT2D eigenvalue weighted by Gasteiger charge is 2.51.